The Bertz CT molecular complexity index is 433. The summed E-state index contributed by atoms with van der Waals surface area (Å²) in [7, 11) is 0. The molecule has 1 fully saturated rings. The molecule has 4 heteroatoms. The largest absolute Gasteiger partial charge is 0.393 e. The highest BCUT2D eigenvalue weighted by Gasteiger charge is 2.29. The third-order valence-electron chi connectivity index (χ3n) is 3.91. The molecule has 0 saturated carbocycles. The van der Waals surface area contributed by atoms with Gasteiger partial charge in [-0.1, -0.05) is 30.3 Å². The van der Waals surface area contributed by atoms with E-state index in [9.17, 15) is 9.90 Å². The first-order valence-corrected chi connectivity index (χ1v) is 7.76. The van der Waals surface area contributed by atoms with Crippen LogP contribution in [0, 0.1) is 0 Å². The van der Waals surface area contributed by atoms with Crippen LogP contribution in [0.1, 0.15) is 31.7 Å². The summed E-state index contributed by atoms with van der Waals surface area (Å²) in [5.41, 5.74) is 1.22. The molecular weight excluding hydrogens is 266 g/mol. The minimum atomic E-state index is -0.359. The van der Waals surface area contributed by atoms with Crippen molar-refractivity contribution in [2.24, 2.45) is 0 Å². The molecule has 0 aliphatic carbocycles. The molecule has 1 aromatic rings. The van der Waals surface area contributed by atoms with Gasteiger partial charge in [0.05, 0.1) is 12.7 Å². The van der Waals surface area contributed by atoms with Gasteiger partial charge in [0.15, 0.2) is 0 Å². The summed E-state index contributed by atoms with van der Waals surface area (Å²) in [5, 5.41) is 9.48. The molecule has 1 aliphatic heterocycles. The average molecular weight is 291 g/mol. The maximum Gasteiger partial charge on any atom is 0.248 e. The van der Waals surface area contributed by atoms with Crippen molar-refractivity contribution in [2.75, 3.05) is 19.8 Å². The number of rotatable bonds is 7. The van der Waals surface area contributed by atoms with Crippen molar-refractivity contribution in [3.05, 3.63) is 35.9 Å². The van der Waals surface area contributed by atoms with Gasteiger partial charge in [0, 0.05) is 12.6 Å². The number of carbonyl (C=O) groups is 1. The monoisotopic (exact) mass is 291 g/mol. The zero-order valence-corrected chi connectivity index (χ0v) is 12.7. The van der Waals surface area contributed by atoms with Gasteiger partial charge in [0.25, 0.3) is 0 Å². The fraction of sp³-hybridized carbons (Fsp3) is 0.588. The van der Waals surface area contributed by atoms with E-state index in [0.29, 0.717) is 13.0 Å². The molecule has 0 radical (unpaired) electrons. The maximum absolute atomic E-state index is 12.2. The number of hydrogen-bond donors (Lipinski definition) is 1. The summed E-state index contributed by atoms with van der Waals surface area (Å²) < 4.78 is 5.51. The second kappa shape index (κ2) is 8.15. The molecule has 0 spiro atoms. The SMILES string of the molecule is CC(O)CC1CCCN1C(=O)COCCc1ccccc1. The minimum absolute atomic E-state index is 0.0474. The lowest BCUT2D eigenvalue weighted by molar-refractivity contribution is -0.137. The van der Waals surface area contributed by atoms with Crippen molar-refractivity contribution >= 4 is 5.91 Å². The van der Waals surface area contributed by atoms with Crippen LogP contribution >= 0.6 is 0 Å². The molecule has 1 heterocycles. The van der Waals surface area contributed by atoms with E-state index in [1.807, 2.05) is 23.1 Å². The lowest BCUT2D eigenvalue weighted by atomic mass is 10.1. The summed E-state index contributed by atoms with van der Waals surface area (Å²) >= 11 is 0. The number of aliphatic hydroxyl groups excluding tert-OH is 1. The second-order valence-corrected chi connectivity index (χ2v) is 5.76. The smallest absolute Gasteiger partial charge is 0.248 e. The standard InChI is InChI=1S/C17H25NO3/c1-14(19)12-16-8-5-10-18(16)17(20)13-21-11-9-15-6-3-2-4-7-15/h2-4,6-7,14,16,19H,5,8-13H2,1H3. The van der Waals surface area contributed by atoms with E-state index in [4.69, 9.17) is 4.74 Å². The molecule has 1 aromatic carbocycles. The van der Waals surface area contributed by atoms with Gasteiger partial charge in [0.2, 0.25) is 5.91 Å². The fourth-order valence-corrected chi connectivity index (χ4v) is 2.88. The van der Waals surface area contributed by atoms with E-state index in [1.165, 1.54) is 5.56 Å². The van der Waals surface area contributed by atoms with Gasteiger partial charge < -0.3 is 14.7 Å². The van der Waals surface area contributed by atoms with Crippen molar-refractivity contribution in [1.29, 1.82) is 0 Å². The van der Waals surface area contributed by atoms with Crippen molar-refractivity contribution in [1.82, 2.24) is 4.90 Å². The first kappa shape index (κ1) is 16.0. The molecule has 2 unspecified atom stereocenters. The van der Waals surface area contributed by atoms with Gasteiger partial charge in [-0.25, -0.2) is 0 Å². The third-order valence-corrected chi connectivity index (χ3v) is 3.91. The molecule has 2 rings (SSSR count). The number of amides is 1. The van der Waals surface area contributed by atoms with Gasteiger partial charge in [0.1, 0.15) is 6.61 Å². The normalized spacial score (nSPS) is 19.7. The van der Waals surface area contributed by atoms with E-state index in [1.54, 1.807) is 6.92 Å². The lowest BCUT2D eigenvalue weighted by Crippen LogP contribution is -2.39. The Balaban J connectivity index is 1.69. The van der Waals surface area contributed by atoms with Crippen LogP contribution in [0.2, 0.25) is 0 Å². The highest BCUT2D eigenvalue weighted by molar-refractivity contribution is 5.78. The van der Waals surface area contributed by atoms with Crippen molar-refractivity contribution in [3.8, 4) is 0 Å². The van der Waals surface area contributed by atoms with Crippen molar-refractivity contribution in [2.45, 2.75) is 44.8 Å². The first-order chi connectivity index (χ1) is 10.2. The topological polar surface area (TPSA) is 49.8 Å². The van der Waals surface area contributed by atoms with Gasteiger partial charge in [-0.2, -0.15) is 0 Å². The van der Waals surface area contributed by atoms with Crippen LogP contribution in [0.4, 0.5) is 0 Å². The summed E-state index contributed by atoms with van der Waals surface area (Å²) in [5.74, 6) is 0.0474. The predicted octanol–water partition coefficient (Wildman–Crippen LogP) is 2.01. The molecule has 0 aromatic heterocycles. The number of carbonyl (C=O) groups excluding carboxylic acids is 1. The van der Waals surface area contributed by atoms with Gasteiger partial charge in [-0.3, -0.25) is 4.79 Å². The number of ether oxygens (including phenoxy) is 1. The van der Waals surface area contributed by atoms with Crippen LogP contribution in [0.3, 0.4) is 0 Å². The Hall–Kier alpha value is -1.39. The molecule has 1 saturated heterocycles. The summed E-state index contributed by atoms with van der Waals surface area (Å²) in [6.45, 7) is 3.27. The summed E-state index contributed by atoms with van der Waals surface area (Å²) in [6.07, 6.45) is 3.14. The third kappa shape index (κ3) is 5.14. The van der Waals surface area contributed by atoms with Gasteiger partial charge in [-0.15, -0.1) is 0 Å². The van der Waals surface area contributed by atoms with Crippen LogP contribution in [0.25, 0.3) is 0 Å². The molecule has 1 N–H and O–H groups in total. The molecule has 1 amide bonds. The Morgan fingerprint density at radius 2 is 2.19 bits per heavy atom. The predicted molar refractivity (Wildman–Crippen MR) is 82.0 cm³/mol. The van der Waals surface area contributed by atoms with Crippen molar-refractivity contribution < 1.29 is 14.6 Å². The van der Waals surface area contributed by atoms with Gasteiger partial charge in [-0.05, 0) is 38.2 Å². The molecule has 21 heavy (non-hydrogen) atoms. The van der Waals surface area contributed by atoms with E-state index >= 15 is 0 Å². The number of aliphatic hydroxyl groups is 1. The number of hydrogen-bond acceptors (Lipinski definition) is 3. The summed E-state index contributed by atoms with van der Waals surface area (Å²) in [6, 6.07) is 10.3. The van der Waals surface area contributed by atoms with Gasteiger partial charge >= 0.3 is 0 Å². The molecule has 2 atom stereocenters. The number of benzene rings is 1. The van der Waals surface area contributed by atoms with Crippen LogP contribution in [0.5, 0.6) is 0 Å². The summed E-state index contributed by atoms with van der Waals surface area (Å²) in [4.78, 5) is 14.0. The molecule has 1 aliphatic rings. The highest BCUT2D eigenvalue weighted by Crippen LogP contribution is 2.21. The van der Waals surface area contributed by atoms with Crippen LogP contribution in [0.15, 0.2) is 30.3 Å². The lowest BCUT2D eigenvalue weighted by Gasteiger charge is -2.25. The first-order valence-electron chi connectivity index (χ1n) is 7.76. The minimum Gasteiger partial charge on any atom is -0.393 e. The van der Waals surface area contributed by atoms with Crippen LogP contribution < -0.4 is 0 Å². The Morgan fingerprint density at radius 3 is 2.90 bits per heavy atom. The molecule has 4 nitrogen and oxygen atoms in total. The van der Waals surface area contributed by atoms with E-state index in [0.717, 1.165) is 25.8 Å². The molecular formula is C17H25NO3. The number of likely N-dealkylation sites (tertiary alicyclic amines) is 1. The van der Waals surface area contributed by atoms with Crippen molar-refractivity contribution in [3.63, 3.8) is 0 Å². The second-order valence-electron chi connectivity index (χ2n) is 5.76. The fourth-order valence-electron chi connectivity index (χ4n) is 2.88. The Kier molecular flexibility index (Phi) is 6.21. The Morgan fingerprint density at radius 1 is 1.43 bits per heavy atom. The van der Waals surface area contributed by atoms with E-state index in [2.05, 4.69) is 12.1 Å². The van der Waals surface area contributed by atoms with E-state index < -0.39 is 0 Å². The maximum atomic E-state index is 12.2. The highest BCUT2D eigenvalue weighted by atomic mass is 16.5. The quantitative estimate of drug-likeness (QED) is 0.782. The number of nitrogens with zero attached hydrogens (tertiary/aromatic N) is 1. The molecule has 116 valence electrons. The Labute approximate surface area is 126 Å². The van der Waals surface area contributed by atoms with Crippen LogP contribution in [-0.2, 0) is 16.0 Å². The van der Waals surface area contributed by atoms with E-state index in [-0.39, 0.29) is 24.7 Å². The zero-order valence-electron chi connectivity index (χ0n) is 12.7. The van der Waals surface area contributed by atoms with Crippen LogP contribution in [-0.4, -0.2) is 47.8 Å². The molecule has 0 bridgehead atoms. The average Bonchev–Trinajstić information content (AvgIpc) is 2.92. The zero-order chi connectivity index (χ0) is 15.1.